The number of hydrogen-bond acceptors (Lipinski definition) is 6. The maximum atomic E-state index is 12.6. The standard InChI is InChI=1S/C24H26ClN5O2S/c1-16-4-3-5-19(25)21(16)27-23(32)20-14-26-24(33-20)28-22(31)18-8-6-17(7-9-18)15-30-12-10-29(2)11-13-30/h3-9,14H,10-13,15H2,1-2H3,(H,27,32)(H,26,28,31). The number of para-hydroxylation sites is 1. The molecule has 4 rings (SSSR count). The number of nitrogens with one attached hydrogen (secondary N) is 2. The fourth-order valence-corrected chi connectivity index (χ4v) is 4.57. The van der Waals surface area contributed by atoms with E-state index < -0.39 is 0 Å². The van der Waals surface area contributed by atoms with Crippen molar-refractivity contribution in [1.82, 2.24) is 14.8 Å². The summed E-state index contributed by atoms with van der Waals surface area (Å²) < 4.78 is 0. The Balaban J connectivity index is 1.34. The van der Waals surface area contributed by atoms with Crippen molar-refractivity contribution in [3.8, 4) is 0 Å². The summed E-state index contributed by atoms with van der Waals surface area (Å²) in [7, 11) is 2.14. The SMILES string of the molecule is Cc1cccc(Cl)c1NC(=O)c1cnc(NC(=O)c2ccc(CN3CCN(C)CC3)cc2)s1. The van der Waals surface area contributed by atoms with Crippen LogP contribution in [0.1, 0.15) is 31.2 Å². The number of carbonyl (C=O) groups excluding carboxylic acids is 2. The molecule has 0 aliphatic carbocycles. The molecule has 33 heavy (non-hydrogen) atoms. The number of halogens is 1. The molecule has 1 aromatic heterocycles. The van der Waals surface area contributed by atoms with E-state index in [1.54, 1.807) is 6.07 Å². The Kier molecular flexibility index (Phi) is 7.39. The number of piperazine rings is 1. The zero-order valence-electron chi connectivity index (χ0n) is 18.6. The maximum absolute atomic E-state index is 12.6. The molecule has 2 aromatic carbocycles. The van der Waals surface area contributed by atoms with Gasteiger partial charge < -0.3 is 10.2 Å². The largest absolute Gasteiger partial charge is 0.320 e. The van der Waals surface area contributed by atoms with Gasteiger partial charge in [0.05, 0.1) is 16.9 Å². The highest BCUT2D eigenvalue weighted by molar-refractivity contribution is 7.17. The molecule has 0 bridgehead atoms. The van der Waals surface area contributed by atoms with Gasteiger partial charge in [-0.25, -0.2) is 4.98 Å². The molecule has 172 valence electrons. The van der Waals surface area contributed by atoms with E-state index in [9.17, 15) is 9.59 Å². The first kappa shape index (κ1) is 23.4. The van der Waals surface area contributed by atoms with E-state index in [2.05, 4.69) is 32.5 Å². The number of aromatic nitrogens is 1. The summed E-state index contributed by atoms with van der Waals surface area (Å²) in [5.41, 5.74) is 3.16. The van der Waals surface area contributed by atoms with Gasteiger partial charge in [0.2, 0.25) is 0 Å². The number of likely N-dealkylation sites (N-methyl/N-ethyl adjacent to an activating group) is 1. The minimum absolute atomic E-state index is 0.260. The van der Waals surface area contributed by atoms with Crippen LogP contribution in [0.3, 0.4) is 0 Å². The summed E-state index contributed by atoms with van der Waals surface area (Å²) in [6.07, 6.45) is 1.45. The summed E-state index contributed by atoms with van der Waals surface area (Å²) in [4.78, 5) is 34.5. The van der Waals surface area contributed by atoms with Gasteiger partial charge in [0.25, 0.3) is 11.8 Å². The molecule has 0 radical (unpaired) electrons. The molecule has 2 amide bonds. The fourth-order valence-electron chi connectivity index (χ4n) is 3.60. The molecular formula is C24H26ClN5O2S. The third-order valence-electron chi connectivity index (χ3n) is 5.63. The highest BCUT2D eigenvalue weighted by Crippen LogP contribution is 2.27. The fraction of sp³-hybridized carbons (Fsp3) is 0.292. The van der Waals surface area contributed by atoms with Crippen molar-refractivity contribution in [2.24, 2.45) is 0 Å². The second kappa shape index (κ2) is 10.4. The number of hydrogen-bond donors (Lipinski definition) is 2. The average Bonchev–Trinajstić information content (AvgIpc) is 3.27. The molecule has 0 spiro atoms. The highest BCUT2D eigenvalue weighted by atomic mass is 35.5. The normalized spacial score (nSPS) is 14.8. The van der Waals surface area contributed by atoms with Gasteiger partial charge in [-0.1, -0.05) is 47.2 Å². The zero-order chi connectivity index (χ0) is 23.4. The second-order valence-corrected chi connectivity index (χ2v) is 9.58. The number of carbonyl (C=O) groups is 2. The van der Waals surface area contributed by atoms with E-state index in [1.165, 1.54) is 11.8 Å². The lowest BCUT2D eigenvalue weighted by molar-refractivity contribution is 0.102. The molecule has 1 saturated heterocycles. The van der Waals surface area contributed by atoms with Crippen LogP contribution in [-0.2, 0) is 6.54 Å². The van der Waals surface area contributed by atoms with Gasteiger partial charge in [-0.3, -0.25) is 19.8 Å². The molecule has 2 heterocycles. The van der Waals surface area contributed by atoms with Crippen LogP contribution >= 0.6 is 22.9 Å². The molecule has 0 unspecified atom stereocenters. The predicted octanol–water partition coefficient (Wildman–Crippen LogP) is 4.36. The first-order valence-corrected chi connectivity index (χ1v) is 11.9. The molecule has 1 fully saturated rings. The lowest BCUT2D eigenvalue weighted by Crippen LogP contribution is -2.43. The summed E-state index contributed by atoms with van der Waals surface area (Å²) >= 11 is 7.30. The Labute approximate surface area is 202 Å². The molecule has 2 N–H and O–H groups in total. The van der Waals surface area contributed by atoms with Crippen LogP contribution in [0.15, 0.2) is 48.7 Å². The third kappa shape index (κ3) is 5.97. The van der Waals surface area contributed by atoms with Gasteiger partial charge in [-0.2, -0.15) is 0 Å². The smallest absolute Gasteiger partial charge is 0.267 e. The van der Waals surface area contributed by atoms with E-state index in [-0.39, 0.29) is 11.8 Å². The van der Waals surface area contributed by atoms with Gasteiger partial charge in [0.1, 0.15) is 4.88 Å². The zero-order valence-corrected chi connectivity index (χ0v) is 20.2. The van der Waals surface area contributed by atoms with Crippen LogP contribution in [0.5, 0.6) is 0 Å². The molecule has 9 heteroatoms. The summed E-state index contributed by atoms with van der Waals surface area (Å²) in [5, 5.41) is 6.42. The van der Waals surface area contributed by atoms with Crippen LogP contribution in [0.25, 0.3) is 0 Å². The van der Waals surface area contributed by atoms with Crippen molar-refractivity contribution < 1.29 is 9.59 Å². The van der Waals surface area contributed by atoms with Gasteiger partial charge in [-0.05, 0) is 43.3 Å². The monoisotopic (exact) mass is 483 g/mol. The molecule has 0 atom stereocenters. The van der Waals surface area contributed by atoms with Crippen molar-refractivity contribution in [2.75, 3.05) is 43.9 Å². The predicted molar refractivity (Wildman–Crippen MR) is 133 cm³/mol. The Morgan fingerprint density at radius 2 is 1.76 bits per heavy atom. The number of rotatable bonds is 6. The maximum Gasteiger partial charge on any atom is 0.267 e. The Morgan fingerprint density at radius 3 is 2.45 bits per heavy atom. The van der Waals surface area contributed by atoms with Gasteiger partial charge >= 0.3 is 0 Å². The molecule has 1 aliphatic rings. The quantitative estimate of drug-likeness (QED) is 0.544. The average molecular weight is 484 g/mol. The molecular weight excluding hydrogens is 458 g/mol. The molecule has 0 saturated carbocycles. The Hall–Kier alpha value is -2.78. The second-order valence-electron chi connectivity index (χ2n) is 8.15. The van der Waals surface area contributed by atoms with Crippen molar-refractivity contribution >= 4 is 45.6 Å². The Bertz CT molecular complexity index is 1120. The lowest BCUT2D eigenvalue weighted by Gasteiger charge is -2.32. The van der Waals surface area contributed by atoms with Crippen LogP contribution in [-0.4, -0.2) is 59.8 Å². The number of nitrogens with zero attached hydrogens (tertiary/aromatic N) is 3. The number of thiazole rings is 1. The first-order valence-electron chi connectivity index (χ1n) is 10.7. The first-order chi connectivity index (χ1) is 15.9. The number of benzene rings is 2. The van der Waals surface area contributed by atoms with E-state index in [4.69, 9.17) is 11.6 Å². The lowest BCUT2D eigenvalue weighted by atomic mass is 10.1. The van der Waals surface area contributed by atoms with Crippen LogP contribution in [0.2, 0.25) is 5.02 Å². The molecule has 1 aliphatic heterocycles. The van der Waals surface area contributed by atoms with Crippen LogP contribution in [0.4, 0.5) is 10.8 Å². The van der Waals surface area contributed by atoms with E-state index in [0.717, 1.165) is 49.6 Å². The van der Waals surface area contributed by atoms with Crippen molar-refractivity contribution in [3.05, 3.63) is 75.3 Å². The van der Waals surface area contributed by atoms with Crippen LogP contribution < -0.4 is 10.6 Å². The summed E-state index contributed by atoms with van der Waals surface area (Å²) in [6, 6.07) is 13.0. The Morgan fingerprint density at radius 1 is 1.03 bits per heavy atom. The number of anilines is 2. The third-order valence-corrected chi connectivity index (χ3v) is 6.86. The van der Waals surface area contributed by atoms with E-state index in [0.29, 0.717) is 26.3 Å². The van der Waals surface area contributed by atoms with E-state index >= 15 is 0 Å². The molecule has 7 nitrogen and oxygen atoms in total. The van der Waals surface area contributed by atoms with E-state index in [1.807, 2.05) is 43.3 Å². The number of amides is 2. The van der Waals surface area contributed by atoms with Crippen molar-refractivity contribution in [3.63, 3.8) is 0 Å². The van der Waals surface area contributed by atoms with Crippen LogP contribution in [0, 0.1) is 6.92 Å². The van der Waals surface area contributed by atoms with Crippen molar-refractivity contribution in [2.45, 2.75) is 13.5 Å². The summed E-state index contributed by atoms with van der Waals surface area (Å²) in [6.45, 7) is 7.00. The topological polar surface area (TPSA) is 77.6 Å². The summed E-state index contributed by atoms with van der Waals surface area (Å²) in [5.74, 6) is -0.582. The molecule has 3 aromatic rings. The highest BCUT2D eigenvalue weighted by Gasteiger charge is 2.17. The van der Waals surface area contributed by atoms with Gasteiger partial charge in [0, 0.05) is 38.3 Å². The van der Waals surface area contributed by atoms with Crippen molar-refractivity contribution in [1.29, 1.82) is 0 Å². The minimum atomic E-state index is -0.322. The number of aryl methyl sites for hydroxylation is 1. The van der Waals surface area contributed by atoms with Gasteiger partial charge in [0.15, 0.2) is 5.13 Å². The van der Waals surface area contributed by atoms with Gasteiger partial charge in [-0.15, -0.1) is 0 Å². The minimum Gasteiger partial charge on any atom is -0.320 e.